The summed E-state index contributed by atoms with van der Waals surface area (Å²) in [6, 6.07) is 14.3. The lowest BCUT2D eigenvalue weighted by atomic mass is 9.85. The number of halogens is 1. The van der Waals surface area contributed by atoms with Crippen LogP contribution in [0.15, 0.2) is 65.2 Å². The van der Waals surface area contributed by atoms with Crippen molar-refractivity contribution >= 4 is 39.3 Å². The van der Waals surface area contributed by atoms with E-state index in [1.165, 1.54) is 4.90 Å². The fourth-order valence-electron chi connectivity index (χ4n) is 5.35. The molecule has 1 N–H and O–H groups in total. The zero-order valence-corrected chi connectivity index (χ0v) is 18.7. The second kappa shape index (κ2) is 7.75. The van der Waals surface area contributed by atoms with Gasteiger partial charge >= 0.3 is 0 Å². The molecule has 0 unspecified atom stereocenters. The van der Waals surface area contributed by atoms with Crippen molar-refractivity contribution in [2.45, 2.75) is 25.8 Å². The van der Waals surface area contributed by atoms with E-state index >= 15 is 0 Å². The molecule has 1 saturated heterocycles. The van der Waals surface area contributed by atoms with Gasteiger partial charge in [0.1, 0.15) is 6.04 Å². The second-order valence-electron chi connectivity index (χ2n) is 8.70. The lowest BCUT2D eigenvalue weighted by molar-refractivity contribution is -0.147. The molecular weight excluding hydrogens is 456 g/mol. The first-order valence-electron chi connectivity index (χ1n) is 10.6. The minimum atomic E-state index is -0.879. The topological polar surface area (TPSA) is 66.5 Å². The van der Waals surface area contributed by atoms with Crippen LogP contribution in [0.1, 0.15) is 17.5 Å². The van der Waals surface area contributed by atoms with Crippen molar-refractivity contribution in [1.82, 2.24) is 4.90 Å². The van der Waals surface area contributed by atoms with Gasteiger partial charge in [0.05, 0.1) is 11.8 Å². The fourth-order valence-corrected chi connectivity index (χ4v) is 5.83. The number of amides is 3. The Morgan fingerprint density at radius 1 is 1.06 bits per heavy atom. The molecule has 3 aliphatic rings. The zero-order valence-electron chi connectivity index (χ0n) is 17.1. The van der Waals surface area contributed by atoms with Gasteiger partial charge in [0.15, 0.2) is 0 Å². The number of hydrogen-bond donors (Lipinski definition) is 1. The number of nitrogens with one attached hydrogen (secondary N) is 1. The molecular formula is C25H23BrN2O3. The van der Waals surface area contributed by atoms with Gasteiger partial charge in [0, 0.05) is 16.6 Å². The molecule has 2 aromatic rings. The molecule has 5 nitrogen and oxygen atoms in total. The molecule has 0 aromatic heterocycles. The van der Waals surface area contributed by atoms with Crippen LogP contribution in [0, 0.1) is 30.6 Å². The number of benzene rings is 2. The number of anilines is 1. The number of hydrogen-bond acceptors (Lipinski definition) is 3. The lowest BCUT2D eigenvalue weighted by Gasteiger charge is -2.27. The minimum Gasteiger partial charge on any atom is -0.324 e. The van der Waals surface area contributed by atoms with Crippen LogP contribution < -0.4 is 5.32 Å². The molecule has 5 atom stereocenters. The van der Waals surface area contributed by atoms with Gasteiger partial charge in [0.2, 0.25) is 17.7 Å². The summed E-state index contributed by atoms with van der Waals surface area (Å²) in [5.74, 6) is -1.13. The highest BCUT2D eigenvalue weighted by Gasteiger charge is 2.61. The molecule has 0 spiro atoms. The molecule has 2 aliphatic carbocycles. The Morgan fingerprint density at radius 2 is 1.71 bits per heavy atom. The molecule has 3 amide bonds. The Balaban J connectivity index is 1.47. The molecule has 2 aromatic carbocycles. The third-order valence-corrected chi connectivity index (χ3v) is 7.33. The van der Waals surface area contributed by atoms with Crippen LogP contribution in [-0.4, -0.2) is 28.7 Å². The van der Waals surface area contributed by atoms with Crippen LogP contribution in [0.4, 0.5) is 5.69 Å². The van der Waals surface area contributed by atoms with Gasteiger partial charge in [-0.05, 0) is 54.5 Å². The Labute approximate surface area is 189 Å². The predicted octanol–water partition coefficient (Wildman–Crippen LogP) is 4.11. The van der Waals surface area contributed by atoms with Crippen LogP contribution in [-0.2, 0) is 20.8 Å². The summed E-state index contributed by atoms with van der Waals surface area (Å²) >= 11 is 3.43. The average Bonchev–Trinajstić information content (AvgIpc) is 3.43. The molecule has 0 radical (unpaired) electrons. The molecule has 1 aliphatic heterocycles. The predicted molar refractivity (Wildman–Crippen MR) is 121 cm³/mol. The van der Waals surface area contributed by atoms with Crippen molar-refractivity contribution in [3.05, 3.63) is 76.3 Å². The van der Waals surface area contributed by atoms with Gasteiger partial charge in [-0.25, -0.2) is 0 Å². The highest BCUT2D eigenvalue weighted by molar-refractivity contribution is 9.10. The standard InChI is InChI=1S/C25H23BrN2O3/c1-14-11-18(26)9-10-19(14)27-23(29)20(12-15-5-3-2-4-6-15)28-24(30)21-16-7-8-17(13-16)22(21)25(28)31/h2-11,16-17,20-22H,12-13H2,1H3,(H,27,29)/t16-,17-,20-,21-,22-/m0/s1. The first-order chi connectivity index (χ1) is 14.9. The molecule has 1 heterocycles. The molecule has 5 rings (SSSR count). The second-order valence-corrected chi connectivity index (χ2v) is 9.62. The third kappa shape index (κ3) is 3.43. The van der Waals surface area contributed by atoms with Crippen molar-refractivity contribution in [1.29, 1.82) is 0 Å². The normalized spacial score (nSPS) is 27.0. The summed E-state index contributed by atoms with van der Waals surface area (Å²) in [7, 11) is 0. The summed E-state index contributed by atoms with van der Waals surface area (Å²) in [6.07, 6.45) is 5.30. The lowest BCUT2D eigenvalue weighted by Crippen LogP contribution is -2.49. The quantitative estimate of drug-likeness (QED) is 0.519. The number of imide groups is 1. The van der Waals surface area contributed by atoms with E-state index in [9.17, 15) is 14.4 Å². The van der Waals surface area contributed by atoms with E-state index in [4.69, 9.17) is 0 Å². The molecule has 158 valence electrons. The van der Waals surface area contributed by atoms with Crippen LogP contribution in [0.3, 0.4) is 0 Å². The van der Waals surface area contributed by atoms with Gasteiger partial charge in [-0.3, -0.25) is 19.3 Å². The van der Waals surface area contributed by atoms with Crippen molar-refractivity contribution in [2.24, 2.45) is 23.7 Å². The van der Waals surface area contributed by atoms with Crippen molar-refractivity contribution < 1.29 is 14.4 Å². The largest absolute Gasteiger partial charge is 0.324 e. The summed E-state index contributed by atoms with van der Waals surface area (Å²) < 4.78 is 0.921. The number of likely N-dealkylation sites (tertiary alicyclic amines) is 1. The molecule has 31 heavy (non-hydrogen) atoms. The smallest absolute Gasteiger partial charge is 0.248 e. The van der Waals surface area contributed by atoms with Gasteiger partial charge in [-0.1, -0.05) is 58.4 Å². The number of carbonyl (C=O) groups is 3. The van der Waals surface area contributed by atoms with Crippen molar-refractivity contribution in [3.63, 3.8) is 0 Å². The monoisotopic (exact) mass is 478 g/mol. The zero-order chi connectivity index (χ0) is 21.7. The highest BCUT2D eigenvalue weighted by atomic mass is 79.9. The van der Waals surface area contributed by atoms with Crippen LogP contribution >= 0.6 is 15.9 Å². The molecule has 2 bridgehead atoms. The first-order valence-corrected chi connectivity index (χ1v) is 11.4. The third-order valence-electron chi connectivity index (χ3n) is 6.84. The van der Waals surface area contributed by atoms with E-state index in [1.807, 2.05) is 55.5 Å². The molecule has 1 saturated carbocycles. The number of allylic oxidation sites excluding steroid dienone is 2. The van der Waals surface area contributed by atoms with E-state index in [2.05, 4.69) is 33.4 Å². The van der Waals surface area contributed by atoms with Crippen LogP contribution in [0.25, 0.3) is 0 Å². The Hall–Kier alpha value is -2.73. The molecule has 6 heteroatoms. The molecule has 2 fully saturated rings. The van der Waals surface area contributed by atoms with E-state index in [-0.39, 0.29) is 41.4 Å². The SMILES string of the molecule is Cc1cc(Br)ccc1NC(=O)[C@H](Cc1ccccc1)N1C(=O)[C@@H]2[C@@H](C1=O)[C@H]1C=C[C@H]2C1. The maximum atomic E-state index is 13.4. The number of rotatable bonds is 5. The Bertz CT molecular complexity index is 1070. The van der Waals surface area contributed by atoms with Gasteiger partial charge in [-0.15, -0.1) is 0 Å². The minimum absolute atomic E-state index is 0.116. The maximum Gasteiger partial charge on any atom is 0.248 e. The van der Waals surface area contributed by atoms with Gasteiger partial charge in [0.25, 0.3) is 0 Å². The van der Waals surface area contributed by atoms with Crippen molar-refractivity contribution in [3.8, 4) is 0 Å². The number of nitrogens with zero attached hydrogens (tertiary/aromatic N) is 1. The van der Waals surface area contributed by atoms with E-state index in [1.54, 1.807) is 0 Å². The summed E-state index contributed by atoms with van der Waals surface area (Å²) in [6.45, 7) is 1.91. The average molecular weight is 479 g/mol. The number of aryl methyl sites for hydroxylation is 1. The van der Waals surface area contributed by atoms with E-state index < -0.39 is 6.04 Å². The van der Waals surface area contributed by atoms with Crippen molar-refractivity contribution in [2.75, 3.05) is 5.32 Å². The van der Waals surface area contributed by atoms with E-state index in [0.717, 1.165) is 22.0 Å². The van der Waals surface area contributed by atoms with Gasteiger partial charge in [-0.2, -0.15) is 0 Å². The Morgan fingerprint density at radius 3 is 2.32 bits per heavy atom. The van der Waals surface area contributed by atoms with Crippen LogP contribution in [0.5, 0.6) is 0 Å². The summed E-state index contributed by atoms with van der Waals surface area (Å²) in [5, 5.41) is 2.96. The van der Waals surface area contributed by atoms with Crippen LogP contribution in [0.2, 0.25) is 0 Å². The number of carbonyl (C=O) groups excluding carboxylic acids is 3. The fraction of sp³-hybridized carbons (Fsp3) is 0.320. The summed E-state index contributed by atoms with van der Waals surface area (Å²) in [4.78, 5) is 41.5. The Kier molecular flexibility index (Phi) is 5.05. The highest BCUT2D eigenvalue weighted by Crippen LogP contribution is 2.53. The maximum absolute atomic E-state index is 13.4. The number of fused-ring (bicyclic) bond motifs is 5. The first kappa shape index (κ1) is 20.2. The van der Waals surface area contributed by atoms with E-state index in [0.29, 0.717) is 12.1 Å². The van der Waals surface area contributed by atoms with Gasteiger partial charge < -0.3 is 5.32 Å². The summed E-state index contributed by atoms with van der Waals surface area (Å²) in [5.41, 5.74) is 2.49.